The van der Waals surface area contributed by atoms with Crippen molar-refractivity contribution >= 4 is 22.8 Å². The molecule has 2 aromatic heterocycles. The Morgan fingerprint density at radius 1 is 1.21 bits per heavy atom. The first-order valence-corrected chi connectivity index (χ1v) is 8.23. The Labute approximate surface area is 140 Å². The summed E-state index contributed by atoms with van der Waals surface area (Å²) in [6.45, 7) is 4.20. The molecule has 0 saturated carbocycles. The van der Waals surface area contributed by atoms with Crippen LogP contribution < -0.4 is 4.90 Å². The topological polar surface area (TPSA) is 72.7 Å². The fraction of sp³-hybridized carbons (Fsp3) is 0.562. The lowest BCUT2D eigenvalue weighted by molar-refractivity contribution is -0.148. The van der Waals surface area contributed by atoms with Crippen molar-refractivity contribution in [1.29, 1.82) is 0 Å². The Balaban J connectivity index is 1.54. The molecule has 2 aliphatic rings. The number of aryl methyl sites for hydroxylation is 1. The zero-order valence-corrected chi connectivity index (χ0v) is 13.7. The maximum absolute atomic E-state index is 12.7. The number of anilines is 1. The van der Waals surface area contributed by atoms with Crippen LogP contribution in [0.2, 0.25) is 0 Å². The van der Waals surface area contributed by atoms with Crippen LogP contribution in [0.4, 0.5) is 5.82 Å². The maximum atomic E-state index is 12.7. The molecule has 128 valence electrons. The van der Waals surface area contributed by atoms with Crippen LogP contribution in [0, 0.1) is 0 Å². The van der Waals surface area contributed by atoms with E-state index in [9.17, 15) is 4.79 Å². The van der Waals surface area contributed by atoms with E-state index in [2.05, 4.69) is 14.9 Å². The molecular weight excluding hydrogens is 310 g/mol. The normalized spacial score (nSPS) is 22.1. The SMILES string of the molecule is Cn1ccc2c(N3CCOC(C(=O)N4CCOCC4)C3)ncnc21. The number of amides is 1. The highest BCUT2D eigenvalue weighted by Crippen LogP contribution is 2.25. The number of hydrogen-bond donors (Lipinski definition) is 0. The number of fused-ring (bicyclic) bond motifs is 1. The predicted octanol–water partition coefficient (Wildman–Crippen LogP) is 0.0323. The van der Waals surface area contributed by atoms with Gasteiger partial charge in [0.25, 0.3) is 5.91 Å². The van der Waals surface area contributed by atoms with Crippen molar-refractivity contribution in [2.45, 2.75) is 6.10 Å². The molecule has 2 fully saturated rings. The Bertz CT molecular complexity index is 740. The molecular formula is C16H21N5O3. The van der Waals surface area contributed by atoms with Gasteiger partial charge >= 0.3 is 0 Å². The largest absolute Gasteiger partial charge is 0.378 e. The molecule has 1 amide bonds. The molecule has 4 heterocycles. The van der Waals surface area contributed by atoms with Gasteiger partial charge in [0.1, 0.15) is 17.8 Å². The van der Waals surface area contributed by atoms with Gasteiger partial charge in [-0.3, -0.25) is 4.79 Å². The predicted molar refractivity (Wildman–Crippen MR) is 87.9 cm³/mol. The molecule has 8 heteroatoms. The van der Waals surface area contributed by atoms with Gasteiger partial charge in [0.2, 0.25) is 0 Å². The zero-order chi connectivity index (χ0) is 16.5. The number of hydrogen-bond acceptors (Lipinski definition) is 6. The van der Waals surface area contributed by atoms with Crippen LogP contribution in [0.5, 0.6) is 0 Å². The molecule has 0 aromatic carbocycles. The van der Waals surface area contributed by atoms with Crippen molar-refractivity contribution in [2.24, 2.45) is 7.05 Å². The summed E-state index contributed by atoms with van der Waals surface area (Å²) in [5.74, 6) is 0.907. The average Bonchev–Trinajstić information content (AvgIpc) is 3.03. The number of carbonyl (C=O) groups excluding carboxylic acids is 1. The van der Waals surface area contributed by atoms with Crippen molar-refractivity contribution < 1.29 is 14.3 Å². The third-order valence-electron chi connectivity index (χ3n) is 4.60. The smallest absolute Gasteiger partial charge is 0.253 e. The lowest BCUT2D eigenvalue weighted by Crippen LogP contribution is -2.53. The van der Waals surface area contributed by atoms with Gasteiger partial charge in [-0.05, 0) is 6.07 Å². The molecule has 1 unspecified atom stereocenters. The molecule has 1 atom stereocenters. The molecule has 24 heavy (non-hydrogen) atoms. The lowest BCUT2D eigenvalue weighted by atomic mass is 10.2. The van der Waals surface area contributed by atoms with E-state index < -0.39 is 6.10 Å². The second-order valence-electron chi connectivity index (χ2n) is 6.10. The number of aromatic nitrogens is 3. The van der Waals surface area contributed by atoms with E-state index in [-0.39, 0.29) is 5.91 Å². The zero-order valence-electron chi connectivity index (χ0n) is 13.7. The number of ether oxygens (including phenoxy) is 2. The monoisotopic (exact) mass is 331 g/mol. The van der Waals surface area contributed by atoms with E-state index in [0.717, 1.165) is 16.9 Å². The highest BCUT2D eigenvalue weighted by molar-refractivity contribution is 5.88. The van der Waals surface area contributed by atoms with Gasteiger partial charge in [0.15, 0.2) is 6.10 Å². The van der Waals surface area contributed by atoms with Crippen LogP contribution in [0.3, 0.4) is 0 Å². The second kappa shape index (κ2) is 6.37. The van der Waals surface area contributed by atoms with Crippen molar-refractivity contribution in [1.82, 2.24) is 19.4 Å². The summed E-state index contributed by atoms with van der Waals surface area (Å²) in [5.41, 5.74) is 0.891. The van der Waals surface area contributed by atoms with E-state index in [0.29, 0.717) is 46.0 Å². The Hall–Kier alpha value is -2.19. The van der Waals surface area contributed by atoms with Crippen LogP contribution in [0.1, 0.15) is 0 Å². The molecule has 2 aliphatic heterocycles. The van der Waals surface area contributed by atoms with Crippen molar-refractivity contribution in [2.75, 3.05) is 50.9 Å². The fourth-order valence-corrected chi connectivity index (χ4v) is 3.29. The molecule has 0 bridgehead atoms. The lowest BCUT2D eigenvalue weighted by Gasteiger charge is -2.36. The quantitative estimate of drug-likeness (QED) is 0.773. The van der Waals surface area contributed by atoms with Gasteiger partial charge in [-0.2, -0.15) is 0 Å². The number of carbonyl (C=O) groups is 1. The Morgan fingerprint density at radius 2 is 2.04 bits per heavy atom. The van der Waals surface area contributed by atoms with E-state index in [1.165, 1.54) is 0 Å². The van der Waals surface area contributed by atoms with Crippen LogP contribution in [-0.4, -0.2) is 77.4 Å². The van der Waals surface area contributed by atoms with Crippen LogP contribution >= 0.6 is 0 Å². The van der Waals surface area contributed by atoms with Crippen molar-refractivity contribution in [3.05, 3.63) is 18.6 Å². The molecule has 8 nitrogen and oxygen atoms in total. The van der Waals surface area contributed by atoms with Gasteiger partial charge in [0, 0.05) is 32.9 Å². The van der Waals surface area contributed by atoms with Gasteiger partial charge < -0.3 is 23.8 Å². The molecule has 0 aliphatic carbocycles. The van der Waals surface area contributed by atoms with Crippen molar-refractivity contribution in [3.63, 3.8) is 0 Å². The molecule has 2 saturated heterocycles. The highest BCUT2D eigenvalue weighted by Gasteiger charge is 2.32. The third-order valence-corrected chi connectivity index (χ3v) is 4.60. The minimum Gasteiger partial charge on any atom is -0.378 e. The molecule has 0 radical (unpaired) electrons. The van der Waals surface area contributed by atoms with E-state index in [1.807, 2.05) is 28.8 Å². The maximum Gasteiger partial charge on any atom is 0.253 e. The van der Waals surface area contributed by atoms with Gasteiger partial charge in [-0.1, -0.05) is 0 Å². The number of rotatable bonds is 2. The number of morpholine rings is 2. The van der Waals surface area contributed by atoms with Gasteiger partial charge in [-0.25, -0.2) is 9.97 Å². The second-order valence-corrected chi connectivity index (χ2v) is 6.10. The van der Waals surface area contributed by atoms with Crippen LogP contribution in [-0.2, 0) is 21.3 Å². The summed E-state index contributed by atoms with van der Waals surface area (Å²) in [6, 6.07) is 2.01. The van der Waals surface area contributed by atoms with Gasteiger partial charge in [0.05, 0.1) is 31.8 Å². The fourth-order valence-electron chi connectivity index (χ4n) is 3.29. The minimum atomic E-state index is -0.453. The van der Waals surface area contributed by atoms with Crippen molar-refractivity contribution in [3.8, 4) is 0 Å². The third kappa shape index (κ3) is 2.71. The van der Waals surface area contributed by atoms with Crippen LogP contribution in [0.25, 0.3) is 11.0 Å². The summed E-state index contributed by atoms with van der Waals surface area (Å²) in [5, 5.41) is 1.000. The molecule has 0 N–H and O–H groups in total. The standard InChI is InChI=1S/C16H21N5O3/c1-19-3-2-12-14(19)17-11-18-15(12)21-6-9-24-13(10-21)16(22)20-4-7-23-8-5-20/h2-3,11,13H,4-10H2,1H3. The van der Waals surface area contributed by atoms with Gasteiger partial charge in [-0.15, -0.1) is 0 Å². The first-order valence-electron chi connectivity index (χ1n) is 8.23. The Morgan fingerprint density at radius 3 is 2.88 bits per heavy atom. The summed E-state index contributed by atoms with van der Waals surface area (Å²) in [6.07, 6.45) is 3.09. The summed E-state index contributed by atoms with van der Waals surface area (Å²) in [4.78, 5) is 25.4. The molecule has 0 spiro atoms. The molecule has 2 aromatic rings. The summed E-state index contributed by atoms with van der Waals surface area (Å²) < 4.78 is 13.0. The molecule has 4 rings (SSSR count). The number of nitrogens with zero attached hydrogens (tertiary/aromatic N) is 5. The highest BCUT2D eigenvalue weighted by atomic mass is 16.5. The van der Waals surface area contributed by atoms with Crippen LogP contribution in [0.15, 0.2) is 18.6 Å². The minimum absolute atomic E-state index is 0.0429. The van der Waals surface area contributed by atoms with E-state index >= 15 is 0 Å². The summed E-state index contributed by atoms with van der Waals surface area (Å²) in [7, 11) is 1.96. The Kier molecular flexibility index (Phi) is 4.07. The van der Waals surface area contributed by atoms with E-state index in [1.54, 1.807) is 6.33 Å². The van der Waals surface area contributed by atoms with E-state index in [4.69, 9.17) is 9.47 Å². The average molecular weight is 331 g/mol. The first kappa shape index (κ1) is 15.3. The first-order chi connectivity index (χ1) is 11.7. The summed E-state index contributed by atoms with van der Waals surface area (Å²) >= 11 is 0.